The molecule has 6 heteroatoms. The molecule has 0 aliphatic heterocycles. The number of amides is 1. The molecule has 1 amide bonds. The summed E-state index contributed by atoms with van der Waals surface area (Å²) >= 11 is 0. The van der Waals surface area contributed by atoms with Crippen molar-refractivity contribution in [2.24, 2.45) is 0 Å². The molecule has 0 atom stereocenters. The monoisotopic (exact) mass is 422 g/mol. The molecular formula is C24H26N2O3S. The zero-order chi connectivity index (χ0) is 21.7. The van der Waals surface area contributed by atoms with Gasteiger partial charge in [0, 0.05) is 19.3 Å². The van der Waals surface area contributed by atoms with Crippen molar-refractivity contribution in [3.8, 4) is 0 Å². The minimum Gasteiger partial charge on any atom is -0.314 e. The summed E-state index contributed by atoms with van der Waals surface area (Å²) in [5.74, 6) is -0.301. The van der Waals surface area contributed by atoms with Crippen molar-refractivity contribution in [3.63, 3.8) is 0 Å². The summed E-state index contributed by atoms with van der Waals surface area (Å²) in [4.78, 5) is 14.6. The quantitative estimate of drug-likeness (QED) is 0.575. The molecule has 0 bridgehead atoms. The Morgan fingerprint density at radius 2 is 1.50 bits per heavy atom. The largest absolute Gasteiger partial charge is 0.314 e. The van der Waals surface area contributed by atoms with Gasteiger partial charge in [0.25, 0.3) is 0 Å². The number of para-hydroxylation sites is 1. The molecule has 0 saturated heterocycles. The highest BCUT2D eigenvalue weighted by Crippen LogP contribution is 2.21. The van der Waals surface area contributed by atoms with Crippen molar-refractivity contribution in [1.82, 2.24) is 4.31 Å². The molecule has 3 rings (SSSR count). The number of hydrogen-bond acceptors (Lipinski definition) is 3. The van der Waals surface area contributed by atoms with Gasteiger partial charge < -0.3 is 4.90 Å². The Labute approximate surface area is 178 Å². The zero-order valence-electron chi connectivity index (χ0n) is 17.4. The number of hydrogen-bond donors (Lipinski definition) is 0. The van der Waals surface area contributed by atoms with E-state index in [0.29, 0.717) is 5.69 Å². The van der Waals surface area contributed by atoms with Crippen LogP contribution >= 0.6 is 0 Å². The second-order valence-corrected chi connectivity index (χ2v) is 9.30. The predicted octanol–water partition coefficient (Wildman–Crippen LogP) is 4.16. The van der Waals surface area contributed by atoms with Gasteiger partial charge in [-0.2, -0.15) is 4.31 Å². The molecule has 0 heterocycles. The summed E-state index contributed by atoms with van der Waals surface area (Å²) in [5.41, 5.74) is 3.55. The fraction of sp³-hybridized carbons (Fsp3) is 0.208. The number of sulfonamides is 1. The Morgan fingerprint density at radius 1 is 0.833 bits per heavy atom. The van der Waals surface area contributed by atoms with Gasteiger partial charge >= 0.3 is 0 Å². The molecule has 0 N–H and O–H groups in total. The average Bonchev–Trinajstić information content (AvgIpc) is 2.73. The lowest BCUT2D eigenvalue weighted by atomic mass is 10.1. The highest BCUT2D eigenvalue weighted by atomic mass is 32.2. The molecule has 30 heavy (non-hydrogen) atoms. The SMILES string of the molecule is Cc1ccc(S(=O)(=O)N(CC(=O)N(C)c2ccccc2)Cc2cccc(C)c2)cc1. The molecule has 3 aromatic carbocycles. The molecule has 3 aromatic rings. The zero-order valence-corrected chi connectivity index (χ0v) is 18.3. The van der Waals surface area contributed by atoms with E-state index in [1.54, 1.807) is 31.3 Å². The number of likely N-dealkylation sites (N-methyl/N-ethyl adjacent to an activating group) is 1. The molecule has 0 saturated carbocycles. The number of carbonyl (C=O) groups excluding carboxylic acids is 1. The van der Waals surface area contributed by atoms with E-state index in [9.17, 15) is 13.2 Å². The smallest absolute Gasteiger partial charge is 0.243 e. The van der Waals surface area contributed by atoms with Crippen LogP contribution in [-0.2, 0) is 21.4 Å². The van der Waals surface area contributed by atoms with Crippen LogP contribution in [0.5, 0.6) is 0 Å². The predicted molar refractivity (Wildman–Crippen MR) is 120 cm³/mol. The van der Waals surface area contributed by atoms with E-state index in [1.807, 2.05) is 68.4 Å². The van der Waals surface area contributed by atoms with E-state index >= 15 is 0 Å². The lowest BCUT2D eigenvalue weighted by Crippen LogP contribution is -2.41. The normalized spacial score (nSPS) is 11.5. The van der Waals surface area contributed by atoms with E-state index in [-0.39, 0.29) is 23.9 Å². The fourth-order valence-electron chi connectivity index (χ4n) is 3.15. The molecule has 0 spiro atoms. The van der Waals surface area contributed by atoms with Gasteiger partial charge in [-0.1, -0.05) is 65.7 Å². The van der Waals surface area contributed by atoms with E-state index in [1.165, 1.54) is 9.21 Å². The van der Waals surface area contributed by atoms with Crippen LogP contribution in [0.15, 0.2) is 83.8 Å². The summed E-state index contributed by atoms with van der Waals surface area (Å²) in [5, 5.41) is 0. The topological polar surface area (TPSA) is 57.7 Å². The molecular weight excluding hydrogens is 396 g/mol. The summed E-state index contributed by atoms with van der Waals surface area (Å²) in [6, 6.07) is 23.5. The van der Waals surface area contributed by atoms with Crippen LogP contribution in [0.3, 0.4) is 0 Å². The molecule has 5 nitrogen and oxygen atoms in total. The summed E-state index contributed by atoms with van der Waals surface area (Å²) < 4.78 is 28.0. The first-order valence-electron chi connectivity index (χ1n) is 9.71. The van der Waals surface area contributed by atoms with E-state index in [2.05, 4.69) is 0 Å². The number of rotatable bonds is 7. The van der Waals surface area contributed by atoms with Crippen molar-refractivity contribution < 1.29 is 13.2 Å². The number of nitrogens with zero attached hydrogens (tertiary/aromatic N) is 2. The minimum absolute atomic E-state index is 0.117. The highest BCUT2D eigenvalue weighted by Gasteiger charge is 2.28. The third kappa shape index (κ3) is 5.14. The Hall–Kier alpha value is -2.96. The Balaban J connectivity index is 1.92. The summed E-state index contributed by atoms with van der Waals surface area (Å²) in [7, 11) is -2.20. The molecule has 0 aliphatic rings. The van der Waals surface area contributed by atoms with E-state index < -0.39 is 10.0 Å². The number of benzene rings is 3. The van der Waals surface area contributed by atoms with E-state index in [4.69, 9.17) is 0 Å². The van der Waals surface area contributed by atoms with Crippen LogP contribution in [0.2, 0.25) is 0 Å². The van der Waals surface area contributed by atoms with E-state index in [0.717, 1.165) is 16.7 Å². The molecule has 0 fully saturated rings. The molecule has 0 unspecified atom stereocenters. The third-order valence-corrected chi connectivity index (χ3v) is 6.74. The first-order valence-corrected chi connectivity index (χ1v) is 11.2. The maximum atomic E-state index is 13.4. The van der Waals surface area contributed by atoms with Crippen LogP contribution < -0.4 is 4.90 Å². The maximum Gasteiger partial charge on any atom is 0.243 e. The first kappa shape index (κ1) is 21.7. The van der Waals surface area contributed by atoms with Crippen LogP contribution in [0.25, 0.3) is 0 Å². The lowest BCUT2D eigenvalue weighted by molar-refractivity contribution is -0.118. The maximum absolute atomic E-state index is 13.4. The van der Waals surface area contributed by atoms with Crippen molar-refractivity contribution in [1.29, 1.82) is 0 Å². The number of carbonyl (C=O) groups is 1. The van der Waals surface area contributed by atoms with Crippen molar-refractivity contribution in [3.05, 3.63) is 95.6 Å². The second kappa shape index (κ2) is 9.24. The van der Waals surface area contributed by atoms with Crippen molar-refractivity contribution >= 4 is 21.6 Å². The molecule has 0 radical (unpaired) electrons. The van der Waals surface area contributed by atoms with Gasteiger partial charge in [-0.3, -0.25) is 4.79 Å². The second-order valence-electron chi connectivity index (χ2n) is 7.36. The highest BCUT2D eigenvalue weighted by molar-refractivity contribution is 7.89. The number of anilines is 1. The summed E-state index contributed by atoms with van der Waals surface area (Å²) in [6.07, 6.45) is 0. The van der Waals surface area contributed by atoms with Crippen molar-refractivity contribution in [2.75, 3.05) is 18.5 Å². The molecule has 0 aromatic heterocycles. The summed E-state index contributed by atoms with van der Waals surface area (Å²) in [6.45, 7) is 3.72. The average molecular weight is 423 g/mol. The van der Waals surface area contributed by atoms with Crippen LogP contribution in [0.4, 0.5) is 5.69 Å². The number of aryl methyl sites for hydroxylation is 2. The van der Waals surface area contributed by atoms with Crippen LogP contribution in [0.1, 0.15) is 16.7 Å². The third-order valence-electron chi connectivity index (χ3n) is 4.93. The van der Waals surface area contributed by atoms with Crippen LogP contribution in [0, 0.1) is 13.8 Å². The molecule has 156 valence electrons. The van der Waals surface area contributed by atoms with Crippen molar-refractivity contribution in [2.45, 2.75) is 25.3 Å². The Morgan fingerprint density at radius 3 is 2.13 bits per heavy atom. The van der Waals surface area contributed by atoms with Gasteiger partial charge in [0.2, 0.25) is 15.9 Å². The lowest BCUT2D eigenvalue weighted by Gasteiger charge is -2.25. The minimum atomic E-state index is -3.85. The van der Waals surface area contributed by atoms with Gasteiger partial charge in [0.05, 0.1) is 11.4 Å². The van der Waals surface area contributed by atoms with Gasteiger partial charge in [0.15, 0.2) is 0 Å². The standard InChI is InChI=1S/C24H26N2O3S/c1-19-12-14-23(15-13-19)30(28,29)26(17-21-9-7-8-20(2)16-21)18-24(27)25(3)22-10-5-4-6-11-22/h4-16H,17-18H2,1-3H3. The fourth-order valence-corrected chi connectivity index (χ4v) is 4.53. The van der Waals surface area contributed by atoms with Gasteiger partial charge in [-0.15, -0.1) is 0 Å². The Kier molecular flexibility index (Phi) is 6.70. The Bertz CT molecular complexity index is 1110. The van der Waals surface area contributed by atoms with Gasteiger partial charge in [-0.25, -0.2) is 8.42 Å². The van der Waals surface area contributed by atoms with Gasteiger partial charge in [-0.05, 0) is 43.7 Å². The van der Waals surface area contributed by atoms with Crippen LogP contribution in [-0.4, -0.2) is 32.2 Å². The van der Waals surface area contributed by atoms with Gasteiger partial charge in [0.1, 0.15) is 0 Å². The molecule has 0 aliphatic carbocycles. The first-order chi connectivity index (χ1) is 14.3.